The molecule has 0 radical (unpaired) electrons. The number of nitrogen functional groups attached to an aromatic ring is 1. The lowest BCUT2D eigenvalue weighted by molar-refractivity contribution is 0.668. The van der Waals surface area contributed by atoms with Crippen molar-refractivity contribution >= 4 is 22.0 Å². The van der Waals surface area contributed by atoms with Crippen LogP contribution in [-0.4, -0.2) is 29.6 Å². The molecule has 0 unspecified atom stereocenters. The van der Waals surface area contributed by atoms with Gasteiger partial charge in [-0.25, -0.2) is 0 Å². The Kier molecular flexibility index (Phi) is 1.95. The Balaban J connectivity index is 1.68. The summed E-state index contributed by atoms with van der Waals surface area (Å²) in [5.74, 6) is 1.54. The number of hydrogen-bond acceptors (Lipinski definition) is 6. The molecule has 1 fully saturated rings. The van der Waals surface area contributed by atoms with Gasteiger partial charge >= 0.3 is 0 Å². The number of aromatic nitrogens is 6. The summed E-state index contributed by atoms with van der Waals surface area (Å²) in [5, 5.41) is 18.0. The van der Waals surface area contributed by atoms with Crippen LogP contribution in [0.5, 0.6) is 0 Å². The van der Waals surface area contributed by atoms with Crippen LogP contribution < -0.4 is 5.73 Å². The first-order valence-electron chi connectivity index (χ1n) is 5.78. The fourth-order valence-electron chi connectivity index (χ4n) is 1.94. The zero-order valence-electron chi connectivity index (χ0n) is 9.52. The van der Waals surface area contributed by atoms with Crippen LogP contribution in [0.2, 0.25) is 0 Å². The summed E-state index contributed by atoms with van der Waals surface area (Å²) in [7, 11) is 0. The van der Waals surface area contributed by atoms with Crippen LogP contribution in [0.25, 0.3) is 4.96 Å². The molecule has 0 aromatic carbocycles. The van der Waals surface area contributed by atoms with Gasteiger partial charge in [-0.05, 0) is 12.8 Å². The quantitative estimate of drug-likeness (QED) is 0.756. The standard InChI is InChI=1S/C10H11N7S/c11-7-3-12-16(4-7)5-8-15-17-9(6-1-2-6)13-14-10(17)18-8/h3-4,6H,1-2,5,11H2. The van der Waals surface area contributed by atoms with E-state index in [1.807, 2.05) is 4.52 Å². The van der Waals surface area contributed by atoms with Gasteiger partial charge in [0.25, 0.3) is 0 Å². The maximum Gasteiger partial charge on any atom is 0.234 e. The third-order valence-corrected chi connectivity index (χ3v) is 3.83. The average molecular weight is 261 g/mol. The number of nitrogens with two attached hydrogens (primary N) is 1. The Morgan fingerprint density at radius 2 is 2.28 bits per heavy atom. The monoisotopic (exact) mass is 261 g/mol. The van der Waals surface area contributed by atoms with E-state index in [1.54, 1.807) is 28.4 Å². The second-order valence-electron chi connectivity index (χ2n) is 4.49. The Morgan fingerprint density at radius 1 is 1.39 bits per heavy atom. The molecule has 92 valence electrons. The molecule has 7 nitrogen and oxygen atoms in total. The summed E-state index contributed by atoms with van der Waals surface area (Å²) in [5.41, 5.74) is 6.30. The van der Waals surface area contributed by atoms with Gasteiger partial charge in [-0.2, -0.15) is 14.7 Å². The van der Waals surface area contributed by atoms with Gasteiger partial charge in [0.1, 0.15) is 5.01 Å². The van der Waals surface area contributed by atoms with Crippen LogP contribution in [0.4, 0.5) is 5.69 Å². The molecule has 1 aliphatic rings. The maximum absolute atomic E-state index is 5.63. The third-order valence-electron chi connectivity index (χ3n) is 2.95. The van der Waals surface area contributed by atoms with Crippen LogP contribution in [0.15, 0.2) is 12.4 Å². The smallest absolute Gasteiger partial charge is 0.234 e. The van der Waals surface area contributed by atoms with E-state index in [9.17, 15) is 0 Å². The molecule has 8 heteroatoms. The van der Waals surface area contributed by atoms with E-state index in [0.717, 1.165) is 15.8 Å². The zero-order valence-corrected chi connectivity index (χ0v) is 10.3. The van der Waals surface area contributed by atoms with Gasteiger partial charge in [0, 0.05) is 12.1 Å². The SMILES string of the molecule is Nc1cnn(Cc2nn3c(C4CC4)nnc3s2)c1. The fourth-order valence-corrected chi connectivity index (χ4v) is 2.77. The normalized spacial score (nSPS) is 15.6. The fraction of sp³-hybridized carbons (Fsp3) is 0.400. The predicted molar refractivity (Wildman–Crippen MR) is 66.4 cm³/mol. The van der Waals surface area contributed by atoms with Crippen LogP contribution >= 0.6 is 11.3 Å². The highest BCUT2D eigenvalue weighted by atomic mass is 32.1. The minimum Gasteiger partial charge on any atom is -0.396 e. The number of rotatable bonds is 3. The van der Waals surface area contributed by atoms with Gasteiger partial charge in [-0.15, -0.1) is 10.2 Å². The molecule has 0 saturated heterocycles. The van der Waals surface area contributed by atoms with Gasteiger partial charge < -0.3 is 5.73 Å². The molecule has 18 heavy (non-hydrogen) atoms. The molecule has 3 aromatic heterocycles. The van der Waals surface area contributed by atoms with Crippen molar-refractivity contribution in [2.24, 2.45) is 0 Å². The minimum absolute atomic E-state index is 0.551. The van der Waals surface area contributed by atoms with E-state index in [-0.39, 0.29) is 0 Å². The van der Waals surface area contributed by atoms with Crippen molar-refractivity contribution in [1.82, 2.24) is 29.6 Å². The van der Waals surface area contributed by atoms with Crippen molar-refractivity contribution < 1.29 is 0 Å². The summed E-state index contributed by atoms with van der Waals surface area (Å²) >= 11 is 1.54. The lowest BCUT2D eigenvalue weighted by atomic mass is 10.4. The molecular weight excluding hydrogens is 250 g/mol. The molecule has 3 aromatic rings. The Bertz CT molecular complexity index is 705. The van der Waals surface area contributed by atoms with Gasteiger partial charge in [0.2, 0.25) is 4.96 Å². The molecule has 0 spiro atoms. The maximum atomic E-state index is 5.63. The first-order chi connectivity index (χ1) is 8.79. The van der Waals surface area contributed by atoms with Gasteiger partial charge in [0.15, 0.2) is 5.82 Å². The van der Waals surface area contributed by atoms with Crippen molar-refractivity contribution in [2.45, 2.75) is 25.3 Å². The topological polar surface area (TPSA) is 86.9 Å². The second-order valence-corrected chi connectivity index (χ2v) is 5.53. The summed E-state index contributed by atoms with van der Waals surface area (Å²) in [6.45, 7) is 0.620. The summed E-state index contributed by atoms with van der Waals surface area (Å²) in [6, 6.07) is 0. The molecule has 4 rings (SSSR count). The summed E-state index contributed by atoms with van der Waals surface area (Å²) < 4.78 is 3.64. The molecule has 1 saturated carbocycles. The highest BCUT2D eigenvalue weighted by Gasteiger charge is 2.30. The molecule has 0 aliphatic heterocycles. The van der Waals surface area contributed by atoms with Gasteiger partial charge in [-0.1, -0.05) is 11.3 Å². The molecule has 0 atom stereocenters. The Morgan fingerprint density at radius 3 is 3.00 bits per heavy atom. The Labute approximate surface area is 106 Å². The van der Waals surface area contributed by atoms with Crippen molar-refractivity contribution in [2.75, 3.05) is 5.73 Å². The molecular formula is C10H11N7S. The van der Waals surface area contributed by atoms with Crippen molar-refractivity contribution in [1.29, 1.82) is 0 Å². The third kappa shape index (κ3) is 1.57. The lowest BCUT2D eigenvalue weighted by Crippen LogP contribution is -2.01. The first-order valence-corrected chi connectivity index (χ1v) is 6.60. The first kappa shape index (κ1) is 10.0. The molecule has 0 bridgehead atoms. The minimum atomic E-state index is 0.551. The lowest BCUT2D eigenvalue weighted by Gasteiger charge is -1.95. The van der Waals surface area contributed by atoms with Gasteiger partial charge in [-0.3, -0.25) is 4.68 Å². The van der Waals surface area contributed by atoms with Crippen molar-refractivity contribution in [3.05, 3.63) is 23.2 Å². The van der Waals surface area contributed by atoms with Gasteiger partial charge in [0.05, 0.1) is 18.4 Å². The van der Waals surface area contributed by atoms with Crippen LogP contribution in [0.3, 0.4) is 0 Å². The zero-order chi connectivity index (χ0) is 12.1. The highest BCUT2D eigenvalue weighted by molar-refractivity contribution is 7.16. The number of nitrogens with zero attached hydrogens (tertiary/aromatic N) is 6. The largest absolute Gasteiger partial charge is 0.396 e. The van der Waals surface area contributed by atoms with E-state index < -0.39 is 0 Å². The van der Waals surface area contributed by atoms with E-state index in [2.05, 4.69) is 20.4 Å². The van der Waals surface area contributed by atoms with Crippen molar-refractivity contribution in [3.63, 3.8) is 0 Å². The van der Waals surface area contributed by atoms with Crippen LogP contribution in [0, 0.1) is 0 Å². The average Bonchev–Trinajstić information content (AvgIpc) is 2.79. The van der Waals surface area contributed by atoms with E-state index in [0.29, 0.717) is 18.2 Å². The molecule has 0 amide bonds. The van der Waals surface area contributed by atoms with Crippen molar-refractivity contribution in [3.8, 4) is 0 Å². The number of hydrogen-bond donors (Lipinski definition) is 1. The Hall–Kier alpha value is -1.96. The molecule has 2 N–H and O–H groups in total. The van der Waals surface area contributed by atoms with Crippen LogP contribution in [0.1, 0.15) is 29.6 Å². The van der Waals surface area contributed by atoms with E-state index >= 15 is 0 Å². The van der Waals surface area contributed by atoms with E-state index in [4.69, 9.17) is 5.73 Å². The molecule has 1 aliphatic carbocycles. The van der Waals surface area contributed by atoms with Crippen LogP contribution in [-0.2, 0) is 6.54 Å². The summed E-state index contributed by atoms with van der Waals surface area (Å²) in [6.07, 6.45) is 5.83. The second kappa shape index (κ2) is 3.52. The molecule has 3 heterocycles. The summed E-state index contributed by atoms with van der Waals surface area (Å²) in [4.78, 5) is 0.854. The predicted octanol–water partition coefficient (Wildman–Crippen LogP) is 0.890. The number of fused-ring (bicyclic) bond motifs is 1. The highest BCUT2D eigenvalue weighted by Crippen LogP contribution is 2.39. The van der Waals surface area contributed by atoms with E-state index in [1.165, 1.54) is 12.8 Å². The number of anilines is 1.